The lowest BCUT2D eigenvalue weighted by Gasteiger charge is -2.24. The number of carbonyl (C=O) groups is 1. The van der Waals surface area contributed by atoms with Crippen LogP contribution >= 0.6 is 0 Å². The first-order valence-corrected chi connectivity index (χ1v) is 5.08. The highest BCUT2D eigenvalue weighted by Crippen LogP contribution is 2.24. The first kappa shape index (κ1) is 12.5. The number of hydrogen-bond acceptors (Lipinski definition) is 4. The zero-order valence-corrected chi connectivity index (χ0v) is 9.56. The Balaban J connectivity index is 2.89. The monoisotopic (exact) mass is 223 g/mol. The van der Waals surface area contributed by atoms with Crippen molar-refractivity contribution in [2.24, 2.45) is 11.1 Å². The molecule has 1 atom stereocenters. The van der Waals surface area contributed by atoms with Gasteiger partial charge in [-0.2, -0.15) is 0 Å². The predicted octanol–water partition coefficient (Wildman–Crippen LogP) is 1.07. The molecule has 1 rings (SSSR count). The van der Waals surface area contributed by atoms with Crippen molar-refractivity contribution < 1.29 is 14.6 Å². The van der Waals surface area contributed by atoms with Crippen molar-refractivity contribution >= 4 is 5.97 Å². The maximum Gasteiger partial charge on any atom is 0.313 e. The van der Waals surface area contributed by atoms with Crippen LogP contribution < -0.4 is 5.73 Å². The van der Waals surface area contributed by atoms with E-state index in [4.69, 9.17) is 10.5 Å². The second-order valence-corrected chi connectivity index (χ2v) is 4.10. The third-order valence-electron chi connectivity index (χ3n) is 2.63. The van der Waals surface area contributed by atoms with Crippen molar-refractivity contribution in [2.75, 3.05) is 13.7 Å². The molecule has 3 N–H and O–H groups in total. The van der Waals surface area contributed by atoms with E-state index in [0.29, 0.717) is 6.42 Å². The Labute approximate surface area is 95.0 Å². The minimum atomic E-state index is -0.747. The van der Waals surface area contributed by atoms with E-state index in [1.54, 1.807) is 25.1 Å². The van der Waals surface area contributed by atoms with Crippen LogP contribution in [-0.4, -0.2) is 24.7 Å². The molecule has 0 fully saturated rings. The standard InChI is InChI=1S/C12H17NO3/c1-12(8-13,11(15)16-2)7-9-4-3-5-10(14)6-9/h3-6,14H,7-8,13H2,1-2H3. The van der Waals surface area contributed by atoms with Gasteiger partial charge in [0, 0.05) is 6.54 Å². The molecule has 0 saturated heterocycles. The van der Waals surface area contributed by atoms with E-state index in [9.17, 15) is 9.90 Å². The fourth-order valence-electron chi connectivity index (χ4n) is 1.59. The topological polar surface area (TPSA) is 72.5 Å². The highest BCUT2D eigenvalue weighted by Gasteiger charge is 2.33. The molecular weight excluding hydrogens is 206 g/mol. The second-order valence-electron chi connectivity index (χ2n) is 4.10. The lowest BCUT2D eigenvalue weighted by atomic mass is 9.83. The Morgan fingerprint density at radius 2 is 2.25 bits per heavy atom. The van der Waals surface area contributed by atoms with E-state index in [1.807, 2.05) is 6.07 Å². The number of phenols is 1. The van der Waals surface area contributed by atoms with Crippen molar-refractivity contribution in [3.05, 3.63) is 29.8 Å². The van der Waals surface area contributed by atoms with Gasteiger partial charge in [0.05, 0.1) is 12.5 Å². The molecule has 0 heterocycles. The fraction of sp³-hybridized carbons (Fsp3) is 0.417. The molecule has 0 radical (unpaired) electrons. The number of hydrogen-bond donors (Lipinski definition) is 2. The minimum Gasteiger partial charge on any atom is -0.508 e. The molecular formula is C12H17NO3. The van der Waals surface area contributed by atoms with Crippen LogP contribution in [0.4, 0.5) is 0 Å². The molecule has 88 valence electrons. The van der Waals surface area contributed by atoms with Crippen LogP contribution in [0, 0.1) is 5.41 Å². The van der Waals surface area contributed by atoms with Crippen molar-refractivity contribution in [3.8, 4) is 5.75 Å². The number of nitrogens with two attached hydrogens (primary N) is 1. The highest BCUT2D eigenvalue weighted by atomic mass is 16.5. The summed E-state index contributed by atoms with van der Waals surface area (Å²) >= 11 is 0. The largest absolute Gasteiger partial charge is 0.508 e. The van der Waals surface area contributed by atoms with E-state index < -0.39 is 5.41 Å². The van der Waals surface area contributed by atoms with Crippen LogP contribution in [0.5, 0.6) is 5.75 Å². The number of rotatable bonds is 4. The van der Waals surface area contributed by atoms with E-state index in [2.05, 4.69) is 0 Å². The number of methoxy groups -OCH3 is 1. The summed E-state index contributed by atoms with van der Waals surface area (Å²) in [6, 6.07) is 6.79. The van der Waals surface area contributed by atoms with Gasteiger partial charge >= 0.3 is 5.97 Å². The predicted molar refractivity (Wildman–Crippen MR) is 61.0 cm³/mol. The molecule has 0 aromatic heterocycles. The zero-order valence-electron chi connectivity index (χ0n) is 9.56. The van der Waals surface area contributed by atoms with E-state index in [1.165, 1.54) is 7.11 Å². The Morgan fingerprint density at radius 1 is 1.56 bits per heavy atom. The second kappa shape index (κ2) is 4.99. The van der Waals surface area contributed by atoms with E-state index >= 15 is 0 Å². The summed E-state index contributed by atoms with van der Waals surface area (Å²) in [5, 5.41) is 9.33. The quantitative estimate of drug-likeness (QED) is 0.749. The lowest BCUT2D eigenvalue weighted by Crippen LogP contribution is -2.38. The first-order chi connectivity index (χ1) is 7.51. The Kier molecular flexibility index (Phi) is 3.90. The van der Waals surface area contributed by atoms with Gasteiger partial charge in [-0.3, -0.25) is 4.79 Å². The average Bonchev–Trinajstić information content (AvgIpc) is 2.27. The third-order valence-corrected chi connectivity index (χ3v) is 2.63. The number of aromatic hydroxyl groups is 1. The van der Waals surface area contributed by atoms with Crippen LogP contribution in [0.15, 0.2) is 24.3 Å². The Bertz CT molecular complexity index is 378. The van der Waals surface area contributed by atoms with Gasteiger partial charge in [0.2, 0.25) is 0 Å². The summed E-state index contributed by atoms with van der Waals surface area (Å²) in [7, 11) is 1.35. The number of phenolic OH excluding ortho intramolecular Hbond substituents is 1. The van der Waals surface area contributed by atoms with E-state index in [-0.39, 0.29) is 18.3 Å². The van der Waals surface area contributed by atoms with Crippen LogP contribution in [0.25, 0.3) is 0 Å². The van der Waals surface area contributed by atoms with Gasteiger partial charge in [-0.1, -0.05) is 12.1 Å². The van der Waals surface area contributed by atoms with Crippen molar-refractivity contribution in [2.45, 2.75) is 13.3 Å². The average molecular weight is 223 g/mol. The highest BCUT2D eigenvalue weighted by molar-refractivity contribution is 5.77. The molecule has 0 saturated carbocycles. The molecule has 0 bridgehead atoms. The minimum absolute atomic E-state index is 0.182. The van der Waals surface area contributed by atoms with Gasteiger partial charge in [0.25, 0.3) is 0 Å². The fourth-order valence-corrected chi connectivity index (χ4v) is 1.59. The van der Waals surface area contributed by atoms with Gasteiger partial charge in [-0.05, 0) is 31.0 Å². The van der Waals surface area contributed by atoms with Gasteiger partial charge < -0.3 is 15.6 Å². The van der Waals surface area contributed by atoms with Crippen LogP contribution in [-0.2, 0) is 16.0 Å². The third kappa shape index (κ3) is 2.73. The molecule has 0 aliphatic carbocycles. The summed E-state index contributed by atoms with van der Waals surface area (Å²) in [5.41, 5.74) is 5.72. The van der Waals surface area contributed by atoms with Crippen LogP contribution in [0.2, 0.25) is 0 Å². The van der Waals surface area contributed by atoms with Crippen molar-refractivity contribution in [3.63, 3.8) is 0 Å². The van der Waals surface area contributed by atoms with Crippen molar-refractivity contribution in [1.82, 2.24) is 0 Å². The number of esters is 1. The molecule has 1 unspecified atom stereocenters. The molecule has 4 nitrogen and oxygen atoms in total. The Hall–Kier alpha value is -1.55. The maximum atomic E-state index is 11.6. The Morgan fingerprint density at radius 3 is 2.75 bits per heavy atom. The van der Waals surface area contributed by atoms with Crippen molar-refractivity contribution in [1.29, 1.82) is 0 Å². The van der Waals surface area contributed by atoms with Gasteiger partial charge in [-0.15, -0.1) is 0 Å². The zero-order chi connectivity index (χ0) is 12.2. The molecule has 0 amide bonds. The van der Waals surface area contributed by atoms with Crippen LogP contribution in [0.1, 0.15) is 12.5 Å². The molecule has 1 aromatic carbocycles. The lowest BCUT2D eigenvalue weighted by molar-refractivity contribution is -0.151. The van der Waals surface area contributed by atoms with Gasteiger partial charge in [-0.25, -0.2) is 0 Å². The van der Waals surface area contributed by atoms with Crippen LogP contribution in [0.3, 0.4) is 0 Å². The van der Waals surface area contributed by atoms with E-state index in [0.717, 1.165) is 5.56 Å². The summed E-state index contributed by atoms with van der Waals surface area (Å²) < 4.78 is 4.73. The van der Waals surface area contributed by atoms with Gasteiger partial charge in [0.1, 0.15) is 5.75 Å². The molecule has 4 heteroatoms. The first-order valence-electron chi connectivity index (χ1n) is 5.08. The molecule has 0 aliphatic rings. The molecule has 16 heavy (non-hydrogen) atoms. The smallest absolute Gasteiger partial charge is 0.313 e. The summed E-state index contributed by atoms with van der Waals surface area (Å²) in [4.78, 5) is 11.6. The molecule has 0 spiro atoms. The summed E-state index contributed by atoms with van der Waals surface area (Å²) in [6.45, 7) is 1.96. The summed E-state index contributed by atoms with van der Waals surface area (Å²) in [6.07, 6.45) is 0.449. The van der Waals surface area contributed by atoms with Gasteiger partial charge in [0.15, 0.2) is 0 Å². The number of ether oxygens (including phenoxy) is 1. The normalized spacial score (nSPS) is 14.2. The SMILES string of the molecule is COC(=O)C(C)(CN)Cc1cccc(O)c1. The molecule has 0 aliphatic heterocycles. The molecule has 1 aromatic rings. The number of benzene rings is 1. The maximum absolute atomic E-state index is 11.6. The number of carbonyl (C=O) groups excluding carboxylic acids is 1. The summed E-state index contributed by atoms with van der Waals surface area (Å²) in [5.74, 6) is -0.153.